The number of aromatic nitrogens is 3. The van der Waals surface area contributed by atoms with Crippen LogP contribution in [0.25, 0.3) is 11.4 Å². The van der Waals surface area contributed by atoms with Gasteiger partial charge in [-0.2, -0.15) is 0 Å². The van der Waals surface area contributed by atoms with Gasteiger partial charge in [0.2, 0.25) is 11.1 Å². The Hall–Kier alpha value is -2.58. The summed E-state index contributed by atoms with van der Waals surface area (Å²) in [5, 5.41) is 10.8. The van der Waals surface area contributed by atoms with Crippen molar-refractivity contribution < 1.29 is 9.18 Å². The summed E-state index contributed by atoms with van der Waals surface area (Å²) in [5.74, 6) is 5.81. The lowest BCUT2D eigenvalue weighted by Crippen LogP contribution is -2.23. The number of hydrogen-bond acceptors (Lipinski definition) is 5. The molecule has 3 N–H and O–H groups in total. The van der Waals surface area contributed by atoms with E-state index in [4.69, 9.17) is 17.4 Å². The second-order valence-corrected chi connectivity index (χ2v) is 7.63. The van der Waals surface area contributed by atoms with Crippen LogP contribution in [0.3, 0.4) is 0 Å². The van der Waals surface area contributed by atoms with Crippen molar-refractivity contribution in [2.75, 3.05) is 11.2 Å². The highest BCUT2D eigenvalue weighted by Crippen LogP contribution is 2.27. The first-order valence-corrected chi connectivity index (χ1v) is 9.31. The number of nitrogens with two attached hydrogens (primary N) is 1. The molecule has 0 bridgehead atoms. The van der Waals surface area contributed by atoms with Crippen molar-refractivity contribution in [3.05, 3.63) is 58.9 Å². The Morgan fingerprint density at radius 2 is 1.96 bits per heavy atom. The highest BCUT2D eigenvalue weighted by Gasteiger charge is 2.20. The zero-order chi connectivity index (χ0) is 19.6. The molecule has 1 aromatic heterocycles. The fourth-order valence-electron chi connectivity index (χ4n) is 2.29. The van der Waals surface area contributed by atoms with Crippen LogP contribution in [-0.4, -0.2) is 26.0 Å². The number of hydrogen-bond donors (Lipinski definition) is 2. The minimum absolute atomic E-state index is 0.129. The van der Waals surface area contributed by atoms with E-state index in [1.807, 2.05) is 31.2 Å². The maximum atomic E-state index is 13.1. The number of amides is 1. The van der Waals surface area contributed by atoms with Crippen LogP contribution >= 0.6 is 23.4 Å². The van der Waals surface area contributed by atoms with Crippen molar-refractivity contribution in [2.24, 2.45) is 0 Å². The molecule has 6 nitrogen and oxygen atoms in total. The Labute approximate surface area is 164 Å². The zero-order valence-electron chi connectivity index (χ0n) is 14.6. The predicted molar refractivity (Wildman–Crippen MR) is 106 cm³/mol. The van der Waals surface area contributed by atoms with Crippen LogP contribution in [0.1, 0.15) is 12.5 Å². The Balaban J connectivity index is 1.71. The van der Waals surface area contributed by atoms with Gasteiger partial charge in [0.15, 0.2) is 5.82 Å². The maximum absolute atomic E-state index is 13.1. The average molecular weight is 406 g/mol. The first-order valence-electron chi connectivity index (χ1n) is 8.05. The van der Waals surface area contributed by atoms with Crippen molar-refractivity contribution >= 4 is 35.0 Å². The van der Waals surface area contributed by atoms with Crippen molar-refractivity contribution in [3.63, 3.8) is 0 Å². The number of nitrogen functional groups attached to an aromatic ring is 1. The summed E-state index contributed by atoms with van der Waals surface area (Å²) in [7, 11) is 0. The van der Waals surface area contributed by atoms with E-state index in [1.165, 1.54) is 16.8 Å². The van der Waals surface area contributed by atoms with Crippen LogP contribution < -0.4 is 11.2 Å². The van der Waals surface area contributed by atoms with Gasteiger partial charge < -0.3 is 11.2 Å². The average Bonchev–Trinajstić information content (AvgIpc) is 2.98. The highest BCUT2D eigenvalue weighted by molar-refractivity contribution is 8.00. The fraction of sp³-hybridized carbons (Fsp3) is 0.167. The number of rotatable bonds is 5. The van der Waals surface area contributed by atoms with Crippen LogP contribution in [-0.2, 0) is 4.79 Å². The molecule has 0 saturated carbocycles. The molecule has 3 rings (SSSR count). The Morgan fingerprint density at radius 1 is 1.26 bits per heavy atom. The number of thioether (sulfide) groups is 1. The molecule has 140 valence electrons. The number of anilines is 1. The second kappa shape index (κ2) is 7.98. The van der Waals surface area contributed by atoms with Crippen molar-refractivity contribution in [1.82, 2.24) is 14.9 Å². The molecule has 3 aromatic rings. The monoisotopic (exact) mass is 405 g/mol. The number of carbonyl (C=O) groups excluding carboxylic acids is 1. The second-order valence-electron chi connectivity index (χ2n) is 5.92. The van der Waals surface area contributed by atoms with Crippen molar-refractivity contribution in [1.29, 1.82) is 0 Å². The normalized spacial score (nSPS) is 12.0. The molecule has 1 amide bonds. The molecule has 1 atom stereocenters. The lowest BCUT2D eigenvalue weighted by atomic mass is 10.1. The molecule has 9 heteroatoms. The third-order valence-corrected chi connectivity index (χ3v) is 5.18. The molecule has 0 saturated heterocycles. The predicted octanol–water partition coefficient (Wildman–Crippen LogP) is 3.88. The summed E-state index contributed by atoms with van der Waals surface area (Å²) in [4.78, 5) is 12.4. The van der Waals surface area contributed by atoms with Crippen molar-refractivity contribution in [3.8, 4) is 11.4 Å². The Morgan fingerprint density at radius 3 is 2.63 bits per heavy atom. The number of aryl methyl sites for hydroxylation is 1. The van der Waals surface area contributed by atoms with Gasteiger partial charge in [-0.3, -0.25) is 4.79 Å². The van der Waals surface area contributed by atoms with Gasteiger partial charge in [-0.1, -0.05) is 53.2 Å². The third-order valence-electron chi connectivity index (χ3n) is 3.81. The lowest BCUT2D eigenvalue weighted by molar-refractivity contribution is -0.115. The topological polar surface area (TPSA) is 85.8 Å². The van der Waals surface area contributed by atoms with Crippen LogP contribution in [0.15, 0.2) is 47.6 Å². The molecular formula is C18H17ClFN5OS. The fourth-order valence-corrected chi connectivity index (χ4v) is 3.28. The van der Waals surface area contributed by atoms with E-state index in [0.29, 0.717) is 16.7 Å². The molecule has 0 aliphatic carbocycles. The SMILES string of the molecule is Cc1ccc(-c2nnc(S[C@@H](C)C(=O)Nc3ccc(F)cc3Cl)n2N)cc1. The summed E-state index contributed by atoms with van der Waals surface area (Å²) < 4.78 is 14.5. The van der Waals surface area contributed by atoms with Gasteiger partial charge in [-0.05, 0) is 32.0 Å². The summed E-state index contributed by atoms with van der Waals surface area (Å²) in [6, 6.07) is 11.5. The van der Waals surface area contributed by atoms with Crippen molar-refractivity contribution in [2.45, 2.75) is 24.3 Å². The van der Waals surface area contributed by atoms with Crippen LogP contribution in [0, 0.1) is 12.7 Å². The summed E-state index contributed by atoms with van der Waals surface area (Å²) in [5.41, 5.74) is 2.30. The summed E-state index contributed by atoms with van der Waals surface area (Å²) >= 11 is 7.10. The molecule has 1 heterocycles. The smallest absolute Gasteiger partial charge is 0.237 e. The van der Waals surface area contributed by atoms with Gasteiger partial charge in [-0.25, -0.2) is 9.07 Å². The van der Waals surface area contributed by atoms with Gasteiger partial charge >= 0.3 is 0 Å². The number of carbonyl (C=O) groups is 1. The molecule has 27 heavy (non-hydrogen) atoms. The summed E-state index contributed by atoms with van der Waals surface area (Å²) in [6.07, 6.45) is 0. The standard InChI is InChI=1S/C18H17ClFN5OS/c1-10-3-5-12(6-4-10)16-23-24-18(25(16)21)27-11(2)17(26)22-15-8-7-13(20)9-14(15)19/h3-9,11H,21H2,1-2H3,(H,22,26)/t11-/m0/s1. The minimum Gasteiger partial charge on any atom is -0.335 e. The van der Waals surface area contributed by atoms with E-state index in [9.17, 15) is 9.18 Å². The number of benzene rings is 2. The number of nitrogens with one attached hydrogen (secondary N) is 1. The van der Waals surface area contributed by atoms with Crippen LogP contribution in [0.4, 0.5) is 10.1 Å². The highest BCUT2D eigenvalue weighted by atomic mass is 35.5. The van der Waals surface area contributed by atoms with Gasteiger partial charge in [0.1, 0.15) is 5.82 Å². The van der Waals surface area contributed by atoms with E-state index in [1.54, 1.807) is 6.92 Å². The third kappa shape index (κ3) is 4.40. The Bertz CT molecular complexity index is 976. The van der Waals surface area contributed by atoms with Crippen LogP contribution in [0.2, 0.25) is 5.02 Å². The molecule has 0 aliphatic heterocycles. The van der Waals surface area contributed by atoms with Gasteiger partial charge in [0.05, 0.1) is 16.0 Å². The molecule has 0 unspecified atom stereocenters. The first-order chi connectivity index (χ1) is 12.8. The number of nitrogens with zero attached hydrogens (tertiary/aromatic N) is 3. The van der Waals surface area contributed by atoms with Crippen LogP contribution in [0.5, 0.6) is 0 Å². The molecule has 0 radical (unpaired) electrons. The van der Waals surface area contributed by atoms with E-state index in [-0.39, 0.29) is 10.9 Å². The first kappa shape index (κ1) is 19.2. The molecule has 0 spiro atoms. The van der Waals surface area contributed by atoms with Gasteiger partial charge in [0, 0.05) is 5.56 Å². The molecular weight excluding hydrogens is 389 g/mol. The zero-order valence-corrected chi connectivity index (χ0v) is 16.2. The lowest BCUT2D eigenvalue weighted by Gasteiger charge is -2.12. The quantitative estimate of drug-likeness (QED) is 0.497. The maximum Gasteiger partial charge on any atom is 0.237 e. The van der Waals surface area contributed by atoms with Gasteiger partial charge in [-0.15, -0.1) is 10.2 Å². The number of halogens is 2. The molecule has 0 fully saturated rings. The Kier molecular flexibility index (Phi) is 5.67. The summed E-state index contributed by atoms with van der Waals surface area (Å²) in [6.45, 7) is 3.70. The largest absolute Gasteiger partial charge is 0.335 e. The van der Waals surface area contributed by atoms with E-state index in [2.05, 4.69) is 15.5 Å². The van der Waals surface area contributed by atoms with E-state index >= 15 is 0 Å². The van der Waals surface area contributed by atoms with E-state index < -0.39 is 11.1 Å². The van der Waals surface area contributed by atoms with E-state index in [0.717, 1.165) is 29.0 Å². The molecule has 0 aliphatic rings. The molecule has 2 aromatic carbocycles. The van der Waals surface area contributed by atoms with Gasteiger partial charge in [0.25, 0.3) is 0 Å². The minimum atomic E-state index is -0.525.